The maximum atomic E-state index is 6.39. The number of unbranched alkanes of at least 4 members (excludes halogenated alkanes) is 4. The minimum atomic E-state index is -3.35. The van der Waals surface area contributed by atoms with Crippen LogP contribution in [0.3, 0.4) is 0 Å². The van der Waals surface area contributed by atoms with E-state index in [1.54, 1.807) is 0 Å². The lowest BCUT2D eigenvalue weighted by molar-refractivity contribution is -0.0238. The van der Waals surface area contributed by atoms with Gasteiger partial charge in [-0.3, -0.25) is 0 Å². The summed E-state index contributed by atoms with van der Waals surface area (Å²) in [6.45, 7) is 18.2. The van der Waals surface area contributed by atoms with Crippen LogP contribution in [-0.2, 0) is 26.2 Å². The second-order valence-corrected chi connectivity index (χ2v) is 12.9. The molecule has 0 aromatic carbocycles. The highest BCUT2D eigenvalue weighted by Gasteiger charge is 2.50. The lowest BCUT2D eigenvalue weighted by Crippen LogP contribution is -2.54. The molecule has 6 nitrogen and oxygen atoms in total. The van der Waals surface area contributed by atoms with Crippen molar-refractivity contribution in [3.05, 3.63) is 0 Å². The molecule has 0 aliphatic heterocycles. The summed E-state index contributed by atoms with van der Waals surface area (Å²) in [5, 5.41) is 0. The molecule has 0 aromatic rings. The van der Waals surface area contributed by atoms with Crippen molar-refractivity contribution in [1.82, 2.24) is 0 Å². The van der Waals surface area contributed by atoms with Gasteiger partial charge in [0.25, 0.3) is 0 Å². The summed E-state index contributed by atoms with van der Waals surface area (Å²) in [6, 6.07) is 0. The molecule has 187 valence electrons. The predicted octanol–water partition coefficient (Wildman–Crippen LogP) is 6.53. The molecule has 0 saturated carbocycles. The molecule has 0 spiro atoms. The average molecular weight is 480 g/mol. The monoisotopic (exact) mass is 479 g/mol. The zero-order valence-corrected chi connectivity index (χ0v) is 23.6. The number of hydrogen-bond acceptors (Lipinski definition) is 6. The van der Waals surface area contributed by atoms with E-state index < -0.39 is 18.6 Å². The highest BCUT2D eigenvalue weighted by atomic mass is 28.5. The first-order chi connectivity index (χ1) is 14.8. The first kappa shape index (κ1) is 31.2. The van der Waals surface area contributed by atoms with Gasteiger partial charge in [0.15, 0.2) is 0 Å². The van der Waals surface area contributed by atoms with Gasteiger partial charge in [-0.1, -0.05) is 74.1 Å². The number of hydrogen-bond donors (Lipinski definition) is 0. The molecule has 0 aromatic heterocycles. The van der Waals surface area contributed by atoms with Crippen molar-refractivity contribution in [1.29, 1.82) is 0 Å². The third kappa shape index (κ3) is 18.3. The van der Waals surface area contributed by atoms with E-state index in [1.165, 1.54) is 0 Å². The van der Waals surface area contributed by atoms with Crippen molar-refractivity contribution >= 4 is 18.6 Å². The lowest BCUT2D eigenvalue weighted by Gasteiger charge is -2.31. The van der Waals surface area contributed by atoms with Crippen molar-refractivity contribution in [3.63, 3.8) is 0 Å². The van der Waals surface area contributed by atoms with E-state index >= 15 is 0 Å². The molecule has 0 rings (SSSR count). The Balaban J connectivity index is 5.29. The van der Waals surface area contributed by atoms with Crippen LogP contribution in [0.4, 0.5) is 0 Å². The zero-order chi connectivity index (χ0) is 23.4. The zero-order valence-electron chi connectivity index (χ0n) is 21.6. The Morgan fingerprint density at radius 3 is 1.35 bits per heavy atom. The van der Waals surface area contributed by atoms with Crippen LogP contribution in [0.2, 0.25) is 0 Å². The fourth-order valence-electron chi connectivity index (χ4n) is 2.50. The van der Waals surface area contributed by atoms with Gasteiger partial charge in [-0.05, 0) is 43.9 Å². The highest BCUT2D eigenvalue weighted by Crippen LogP contribution is 2.22. The normalized spacial score (nSPS) is 12.8. The molecule has 0 amide bonds. The number of rotatable bonds is 22. The van der Waals surface area contributed by atoms with Crippen LogP contribution in [0.5, 0.6) is 0 Å². The molecule has 0 bridgehead atoms. The molecule has 0 heterocycles. The molecular formula is C23H51O6Si2. The molecule has 0 aliphatic rings. The van der Waals surface area contributed by atoms with Gasteiger partial charge < -0.3 is 26.2 Å². The minimum absolute atomic E-state index is 0.266. The van der Waals surface area contributed by atoms with Gasteiger partial charge in [0.2, 0.25) is 0 Å². The Kier molecular flexibility index (Phi) is 19.8. The van der Waals surface area contributed by atoms with E-state index in [2.05, 4.69) is 48.5 Å². The van der Waals surface area contributed by atoms with E-state index in [0.717, 1.165) is 64.2 Å². The lowest BCUT2D eigenvalue weighted by atomic mass is 9.91. The van der Waals surface area contributed by atoms with E-state index in [-0.39, 0.29) is 5.41 Å². The Morgan fingerprint density at radius 2 is 0.968 bits per heavy atom. The fourth-order valence-corrected chi connectivity index (χ4v) is 6.63. The van der Waals surface area contributed by atoms with Gasteiger partial charge in [-0.25, -0.2) is 0 Å². The summed E-state index contributed by atoms with van der Waals surface area (Å²) >= 11 is 0. The Hall–Kier alpha value is 0.194. The summed E-state index contributed by atoms with van der Waals surface area (Å²) in [6.07, 6.45) is 10.1. The molecule has 0 fully saturated rings. The van der Waals surface area contributed by atoms with Crippen molar-refractivity contribution in [2.45, 2.75) is 113 Å². The molecule has 31 heavy (non-hydrogen) atoms. The first-order valence-electron chi connectivity index (χ1n) is 12.6. The molecule has 0 atom stereocenters. The second kappa shape index (κ2) is 19.6. The molecular weight excluding hydrogens is 428 g/mol. The molecule has 1 radical (unpaired) electrons. The van der Waals surface area contributed by atoms with Gasteiger partial charge in [-0.2, -0.15) is 0 Å². The van der Waals surface area contributed by atoms with Crippen molar-refractivity contribution in [2.75, 3.05) is 33.0 Å². The van der Waals surface area contributed by atoms with Crippen molar-refractivity contribution in [3.8, 4) is 0 Å². The van der Waals surface area contributed by atoms with Crippen LogP contribution in [-0.4, -0.2) is 51.6 Å². The topological polar surface area (TPSA) is 55.4 Å². The summed E-state index contributed by atoms with van der Waals surface area (Å²) in [4.78, 5) is 0. The van der Waals surface area contributed by atoms with E-state index in [1.807, 2.05) is 0 Å². The quantitative estimate of drug-likeness (QED) is 0.130. The van der Waals surface area contributed by atoms with Gasteiger partial charge in [0, 0.05) is 33.0 Å². The molecule has 0 N–H and O–H groups in total. The first-order valence-corrected chi connectivity index (χ1v) is 15.4. The van der Waals surface area contributed by atoms with Gasteiger partial charge in [0.05, 0.1) is 0 Å². The molecule has 0 aliphatic carbocycles. The second-order valence-electron chi connectivity index (χ2n) is 9.17. The fraction of sp³-hybridized carbons (Fsp3) is 1.00. The maximum Gasteiger partial charge on any atom is 0.672 e. The maximum absolute atomic E-state index is 6.39. The Labute approximate surface area is 196 Å². The summed E-state index contributed by atoms with van der Waals surface area (Å²) < 4.78 is 37.2. The minimum Gasteiger partial charge on any atom is -0.372 e. The van der Waals surface area contributed by atoms with E-state index in [0.29, 0.717) is 33.0 Å². The van der Waals surface area contributed by atoms with Crippen LogP contribution < -0.4 is 0 Å². The largest absolute Gasteiger partial charge is 0.672 e. The highest BCUT2D eigenvalue weighted by molar-refractivity contribution is 6.62. The Morgan fingerprint density at radius 1 is 0.581 bits per heavy atom. The summed E-state index contributed by atoms with van der Waals surface area (Å²) in [5.74, 6) is 0. The third-order valence-electron chi connectivity index (χ3n) is 4.55. The van der Waals surface area contributed by atoms with Gasteiger partial charge in [-0.15, -0.1) is 0 Å². The van der Waals surface area contributed by atoms with Crippen LogP contribution in [0.1, 0.15) is 113 Å². The van der Waals surface area contributed by atoms with Crippen molar-refractivity contribution < 1.29 is 26.2 Å². The third-order valence-corrected chi connectivity index (χ3v) is 8.77. The van der Waals surface area contributed by atoms with Crippen molar-refractivity contribution in [2.24, 2.45) is 5.41 Å². The van der Waals surface area contributed by atoms with E-state index in [9.17, 15) is 0 Å². The predicted molar refractivity (Wildman–Crippen MR) is 131 cm³/mol. The SMILES string of the molecule is CCCCO[Si](OCCCC)O[Si](OCCCC)(OCCCC)OCCCC(C)(C)C. The van der Waals surface area contributed by atoms with Crippen LogP contribution >= 0.6 is 0 Å². The molecule has 0 saturated heterocycles. The average Bonchev–Trinajstić information content (AvgIpc) is 2.71. The molecule has 8 heteroatoms. The van der Waals surface area contributed by atoms with Crippen LogP contribution in [0.25, 0.3) is 0 Å². The molecule has 0 unspecified atom stereocenters. The smallest absolute Gasteiger partial charge is 0.372 e. The summed E-state index contributed by atoms with van der Waals surface area (Å²) in [7, 11) is -5.35. The van der Waals surface area contributed by atoms with Gasteiger partial charge >= 0.3 is 18.6 Å². The van der Waals surface area contributed by atoms with Crippen LogP contribution in [0, 0.1) is 5.41 Å². The summed E-state index contributed by atoms with van der Waals surface area (Å²) in [5.41, 5.74) is 0.266. The standard InChI is InChI=1S/C23H51O6Si2/c1-8-12-18-24-30(25-19-13-9-2)29-31(26-20-14-10-3,27-21-15-11-4)28-22-16-17-23(5,6)7/h8-22H2,1-7H3. The van der Waals surface area contributed by atoms with Crippen LogP contribution in [0.15, 0.2) is 0 Å². The van der Waals surface area contributed by atoms with E-state index in [4.69, 9.17) is 26.2 Å². The Bertz CT molecular complexity index is 373. The van der Waals surface area contributed by atoms with Gasteiger partial charge in [0.1, 0.15) is 0 Å².